The SMILES string of the molecule is N=C(N)c1cccc2c1CCC2=Nn1cc(-c2ccc(Cl)c(Cl)c2)nc1N. The molecule has 1 aliphatic carbocycles. The summed E-state index contributed by atoms with van der Waals surface area (Å²) in [6.45, 7) is 0. The van der Waals surface area contributed by atoms with E-state index >= 15 is 0 Å². The Morgan fingerprint density at radius 1 is 1.15 bits per heavy atom. The summed E-state index contributed by atoms with van der Waals surface area (Å²) >= 11 is 12.1. The first-order chi connectivity index (χ1) is 12.9. The smallest absolute Gasteiger partial charge is 0.221 e. The quantitative estimate of drug-likeness (QED) is 0.459. The van der Waals surface area contributed by atoms with Gasteiger partial charge in [-0.25, -0.2) is 9.66 Å². The fraction of sp³-hybridized carbons (Fsp3) is 0.105. The number of benzene rings is 2. The molecule has 3 aromatic rings. The molecule has 0 saturated heterocycles. The fourth-order valence-corrected chi connectivity index (χ4v) is 3.55. The number of imidazole rings is 1. The van der Waals surface area contributed by atoms with Crippen molar-refractivity contribution in [2.45, 2.75) is 12.8 Å². The van der Waals surface area contributed by atoms with E-state index in [2.05, 4.69) is 10.1 Å². The Bertz CT molecular complexity index is 1100. The van der Waals surface area contributed by atoms with Crippen molar-refractivity contribution in [2.75, 3.05) is 5.73 Å². The van der Waals surface area contributed by atoms with E-state index in [4.69, 9.17) is 40.1 Å². The minimum atomic E-state index is 0.0668. The van der Waals surface area contributed by atoms with Crippen molar-refractivity contribution in [3.63, 3.8) is 0 Å². The second-order valence-electron chi connectivity index (χ2n) is 6.25. The number of halogens is 2. The highest BCUT2D eigenvalue weighted by molar-refractivity contribution is 6.42. The summed E-state index contributed by atoms with van der Waals surface area (Å²) in [5.41, 5.74) is 16.9. The summed E-state index contributed by atoms with van der Waals surface area (Å²) in [6, 6.07) is 11.0. The first-order valence-electron chi connectivity index (χ1n) is 8.29. The van der Waals surface area contributed by atoms with Gasteiger partial charge < -0.3 is 11.5 Å². The molecular weight excluding hydrogens is 383 g/mol. The third kappa shape index (κ3) is 3.18. The van der Waals surface area contributed by atoms with Crippen molar-refractivity contribution in [1.82, 2.24) is 9.66 Å². The number of nitrogens with zero attached hydrogens (tertiary/aromatic N) is 3. The van der Waals surface area contributed by atoms with Crippen LogP contribution in [0.1, 0.15) is 23.1 Å². The molecule has 0 atom stereocenters. The van der Waals surface area contributed by atoms with Gasteiger partial charge in [0.25, 0.3) is 0 Å². The molecule has 0 aliphatic heterocycles. The van der Waals surface area contributed by atoms with Crippen LogP contribution in [0.25, 0.3) is 11.3 Å². The summed E-state index contributed by atoms with van der Waals surface area (Å²) in [4.78, 5) is 4.37. The Labute approximate surface area is 165 Å². The van der Waals surface area contributed by atoms with Crippen molar-refractivity contribution in [3.8, 4) is 11.3 Å². The van der Waals surface area contributed by atoms with E-state index < -0.39 is 0 Å². The zero-order valence-corrected chi connectivity index (χ0v) is 15.7. The van der Waals surface area contributed by atoms with Crippen LogP contribution in [0.4, 0.5) is 5.95 Å². The molecule has 27 heavy (non-hydrogen) atoms. The van der Waals surface area contributed by atoms with Gasteiger partial charge in [-0.05, 0) is 30.5 Å². The molecule has 136 valence electrons. The molecule has 0 unspecified atom stereocenters. The Kier molecular flexibility index (Phi) is 4.37. The lowest BCUT2D eigenvalue weighted by Crippen LogP contribution is -2.13. The molecule has 0 spiro atoms. The molecule has 8 heteroatoms. The second kappa shape index (κ2) is 6.72. The number of rotatable bonds is 3. The second-order valence-corrected chi connectivity index (χ2v) is 7.06. The summed E-state index contributed by atoms with van der Waals surface area (Å²) < 4.78 is 1.56. The number of nitrogens with one attached hydrogen (secondary N) is 1. The minimum Gasteiger partial charge on any atom is -0.384 e. The van der Waals surface area contributed by atoms with Gasteiger partial charge in [0, 0.05) is 16.7 Å². The monoisotopic (exact) mass is 398 g/mol. The van der Waals surface area contributed by atoms with E-state index in [0.29, 0.717) is 15.7 Å². The van der Waals surface area contributed by atoms with Crippen molar-refractivity contribution >= 4 is 40.7 Å². The standard InChI is InChI=1S/C19H16Cl2N6/c20-14-6-4-10(8-15(14)21)17-9-27(19(24)25-17)26-16-7-5-11-12(16)2-1-3-13(11)18(22)23/h1-4,6,8-9H,5,7H2,(H3,22,23)(H2,24,25). The molecule has 1 heterocycles. The number of anilines is 1. The number of nitrogens with two attached hydrogens (primary N) is 2. The third-order valence-electron chi connectivity index (χ3n) is 4.55. The molecule has 1 aliphatic rings. The van der Waals surface area contributed by atoms with E-state index in [0.717, 1.165) is 40.8 Å². The topological polar surface area (TPSA) is 106 Å². The van der Waals surface area contributed by atoms with E-state index in [9.17, 15) is 0 Å². The predicted octanol–water partition coefficient (Wildman–Crippen LogP) is 3.92. The molecule has 2 aromatic carbocycles. The Hall–Kier alpha value is -2.83. The third-order valence-corrected chi connectivity index (χ3v) is 5.29. The average Bonchev–Trinajstić information content (AvgIpc) is 3.21. The molecule has 0 amide bonds. The molecule has 0 bridgehead atoms. The van der Waals surface area contributed by atoms with Gasteiger partial charge in [-0.2, -0.15) is 5.10 Å². The zero-order chi connectivity index (χ0) is 19.1. The van der Waals surface area contributed by atoms with Crippen LogP contribution in [0.2, 0.25) is 10.0 Å². The Morgan fingerprint density at radius 3 is 2.70 bits per heavy atom. The highest BCUT2D eigenvalue weighted by Crippen LogP contribution is 2.29. The number of nitrogen functional groups attached to an aromatic ring is 2. The van der Waals surface area contributed by atoms with E-state index in [-0.39, 0.29) is 11.8 Å². The molecule has 0 fully saturated rings. The van der Waals surface area contributed by atoms with Crippen LogP contribution in [0.15, 0.2) is 47.7 Å². The Balaban J connectivity index is 1.73. The first kappa shape index (κ1) is 17.6. The van der Waals surface area contributed by atoms with Crippen LogP contribution in [0.5, 0.6) is 0 Å². The lowest BCUT2D eigenvalue weighted by molar-refractivity contribution is 0.883. The van der Waals surface area contributed by atoms with Crippen LogP contribution < -0.4 is 11.5 Å². The fourth-order valence-electron chi connectivity index (χ4n) is 3.25. The van der Waals surface area contributed by atoms with Crippen LogP contribution >= 0.6 is 23.2 Å². The van der Waals surface area contributed by atoms with E-state index in [1.54, 1.807) is 23.0 Å². The molecular formula is C19H16Cl2N6. The highest BCUT2D eigenvalue weighted by atomic mass is 35.5. The van der Waals surface area contributed by atoms with Crippen LogP contribution in [0.3, 0.4) is 0 Å². The van der Waals surface area contributed by atoms with Gasteiger partial charge in [0.1, 0.15) is 5.84 Å². The maximum Gasteiger partial charge on any atom is 0.221 e. The van der Waals surface area contributed by atoms with Gasteiger partial charge in [0.2, 0.25) is 5.95 Å². The van der Waals surface area contributed by atoms with Gasteiger partial charge in [-0.15, -0.1) is 0 Å². The van der Waals surface area contributed by atoms with Gasteiger partial charge in [0.05, 0.1) is 27.6 Å². The van der Waals surface area contributed by atoms with Gasteiger partial charge >= 0.3 is 0 Å². The highest BCUT2D eigenvalue weighted by Gasteiger charge is 2.22. The van der Waals surface area contributed by atoms with Crippen molar-refractivity contribution in [1.29, 1.82) is 5.41 Å². The molecule has 6 nitrogen and oxygen atoms in total. The van der Waals surface area contributed by atoms with Gasteiger partial charge in [-0.1, -0.05) is 47.5 Å². The van der Waals surface area contributed by atoms with Crippen molar-refractivity contribution in [3.05, 3.63) is 69.3 Å². The van der Waals surface area contributed by atoms with Crippen LogP contribution in [-0.2, 0) is 6.42 Å². The number of amidine groups is 1. The summed E-state index contributed by atoms with van der Waals surface area (Å²) in [6.07, 6.45) is 3.30. The van der Waals surface area contributed by atoms with E-state index in [1.165, 1.54) is 0 Å². The molecule has 5 N–H and O–H groups in total. The summed E-state index contributed by atoms with van der Waals surface area (Å²) in [5, 5.41) is 13.3. The van der Waals surface area contributed by atoms with Crippen LogP contribution in [-0.4, -0.2) is 21.2 Å². The Morgan fingerprint density at radius 2 is 1.96 bits per heavy atom. The lowest BCUT2D eigenvalue weighted by Gasteiger charge is -2.06. The van der Waals surface area contributed by atoms with Crippen LogP contribution in [0, 0.1) is 5.41 Å². The molecule has 1 aromatic heterocycles. The van der Waals surface area contributed by atoms with Crippen molar-refractivity contribution in [2.24, 2.45) is 10.8 Å². The van der Waals surface area contributed by atoms with E-state index in [1.807, 2.05) is 24.3 Å². The number of hydrogen-bond acceptors (Lipinski definition) is 4. The maximum atomic E-state index is 7.74. The minimum absolute atomic E-state index is 0.0668. The maximum absolute atomic E-state index is 7.74. The van der Waals surface area contributed by atoms with Gasteiger partial charge in [0.15, 0.2) is 0 Å². The largest absolute Gasteiger partial charge is 0.384 e. The zero-order valence-electron chi connectivity index (χ0n) is 14.2. The first-order valence-corrected chi connectivity index (χ1v) is 9.04. The van der Waals surface area contributed by atoms with Gasteiger partial charge in [-0.3, -0.25) is 5.41 Å². The summed E-state index contributed by atoms with van der Waals surface area (Å²) in [5.74, 6) is 0.344. The van der Waals surface area contributed by atoms with Crippen molar-refractivity contribution < 1.29 is 0 Å². The number of aromatic nitrogens is 2. The average molecular weight is 399 g/mol. The predicted molar refractivity (Wildman–Crippen MR) is 110 cm³/mol. The molecule has 0 radical (unpaired) electrons. The molecule has 4 rings (SSSR count). The molecule has 0 saturated carbocycles. The number of fused-ring (bicyclic) bond motifs is 1. The summed E-state index contributed by atoms with van der Waals surface area (Å²) in [7, 11) is 0. The normalized spacial score (nSPS) is 14.5. The number of hydrogen-bond donors (Lipinski definition) is 3. The lowest BCUT2D eigenvalue weighted by atomic mass is 10.0.